The van der Waals surface area contributed by atoms with E-state index in [1.165, 1.54) is 17.3 Å². The van der Waals surface area contributed by atoms with Gasteiger partial charge in [-0.1, -0.05) is 24.3 Å². The zero-order chi connectivity index (χ0) is 22.1. The van der Waals surface area contributed by atoms with E-state index in [4.69, 9.17) is 4.42 Å². The Labute approximate surface area is 182 Å². The molecule has 0 unspecified atom stereocenters. The second kappa shape index (κ2) is 8.54. The van der Waals surface area contributed by atoms with Crippen molar-refractivity contribution in [3.05, 3.63) is 65.4 Å². The second-order valence-corrected chi connectivity index (χ2v) is 7.69. The number of hydrogen-bond acceptors (Lipinski definition) is 7. The van der Waals surface area contributed by atoms with Crippen molar-refractivity contribution in [2.24, 2.45) is 0 Å². The first kappa shape index (κ1) is 20.4. The highest BCUT2D eigenvalue weighted by Gasteiger charge is 2.18. The summed E-state index contributed by atoms with van der Waals surface area (Å²) in [5.41, 5.74) is 5.81. The van der Waals surface area contributed by atoms with Gasteiger partial charge < -0.3 is 4.42 Å². The Morgan fingerprint density at radius 2 is 1.94 bits per heavy atom. The van der Waals surface area contributed by atoms with Gasteiger partial charge in [-0.25, -0.2) is 4.68 Å². The van der Waals surface area contributed by atoms with E-state index in [-0.39, 0.29) is 5.89 Å². The van der Waals surface area contributed by atoms with Gasteiger partial charge in [-0.05, 0) is 42.3 Å². The van der Waals surface area contributed by atoms with Gasteiger partial charge in [0.2, 0.25) is 5.89 Å². The van der Waals surface area contributed by atoms with Crippen molar-refractivity contribution in [3.63, 3.8) is 0 Å². The zero-order valence-corrected chi connectivity index (χ0v) is 17.4. The van der Waals surface area contributed by atoms with Gasteiger partial charge in [0.1, 0.15) is 5.69 Å². The number of hydrogen-bond donors (Lipinski definition) is 0. The van der Waals surface area contributed by atoms with Crippen LogP contribution < -0.4 is 0 Å². The van der Waals surface area contributed by atoms with Gasteiger partial charge in [0.25, 0.3) is 5.89 Å². The third-order valence-electron chi connectivity index (χ3n) is 5.60. The Kier molecular flexibility index (Phi) is 5.44. The normalized spacial score (nSPS) is 14.1. The highest BCUT2D eigenvalue weighted by molar-refractivity contribution is 5.60. The number of aromatic nitrogens is 6. The number of fused-ring (bicyclic) bond motifs is 1. The van der Waals surface area contributed by atoms with Crippen LogP contribution in [0.5, 0.6) is 0 Å². The van der Waals surface area contributed by atoms with E-state index in [2.05, 4.69) is 55.5 Å². The lowest BCUT2D eigenvalue weighted by molar-refractivity contribution is 0.116. The molecule has 164 valence electrons. The number of alkyl halides is 2. The van der Waals surface area contributed by atoms with Crippen LogP contribution in [0.1, 0.15) is 36.1 Å². The van der Waals surface area contributed by atoms with Crippen molar-refractivity contribution in [2.75, 3.05) is 13.1 Å². The summed E-state index contributed by atoms with van der Waals surface area (Å²) in [6.07, 6.45) is 1.68. The first-order chi connectivity index (χ1) is 15.6. The Morgan fingerprint density at radius 1 is 1.06 bits per heavy atom. The van der Waals surface area contributed by atoms with Crippen LogP contribution in [0.2, 0.25) is 0 Å². The van der Waals surface area contributed by atoms with Crippen LogP contribution in [-0.2, 0) is 19.5 Å². The van der Waals surface area contributed by atoms with E-state index in [1.807, 2.05) is 6.20 Å². The number of likely N-dealkylation sites (N-methyl/N-ethyl adjacent to an activating group) is 1. The van der Waals surface area contributed by atoms with E-state index in [0.29, 0.717) is 12.1 Å². The molecule has 1 aromatic carbocycles. The first-order valence-corrected chi connectivity index (χ1v) is 10.4. The molecule has 0 radical (unpaired) electrons. The van der Waals surface area contributed by atoms with Gasteiger partial charge in [-0.3, -0.25) is 9.88 Å². The standard InChI is InChI=1S/C22H21F2N7O/c1-2-30-8-7-14-3-4-15(9-17(14)11-30)19-13-31(29-26-19)12-18-6-5-16(10-25-18)21-27-28-22(32-21)20(23)24/h3-6,9-10,13,20H,2,7-8,11-12H2,1H3. The van der Waals surface area contributed by atoms with E-state index >= 15 is 0 Å². The fourth-order valence-corrected chi connectivity index (χ4v) is 3.80. The number of rotatable bonds is 6. The molecule has 32 heavy (non-hydrogen) atoms. The Balaban J connectivity index is 1.29. The molecule has 0 saturated heterocycles. The molecule has 0 saturated carbocycles. The monoisotopic (exact) mass is 437 g/mol. The number of nitrogens with zero attached hydrogens (tertiary/aromatic N) is 7. The molecule has 0 atom stereocenters. The minimum absolute atomic E-state index is 0.0106. The summed E-state index contributed by atoms with van der Waals surface area (Å²) in [5.74, 6) is -0.694. The average molecular weight is 437 g/mol. The van der Waals surface area contributed by atoms with Crippen molar-refractivity contribution in [1.82, 2.24) is 35.1 Å². The molecule has 3 aromatic heterocycles. The minimum atomic E-state index is -2.80. The molecule has 0 fully saturated rings. The molecule has 0 amide bonds. The van der Waals surface area contributed by atoms with Crippen molar-refractivity contribution >= 4 is 0 Å². The smallest absolute Gasteiger partial charge is 0.314 e. The average Bonchev–Trinajstić information content (AvgIpc) is 3.49. The molecule has 5 rings (SSSR count). The van der Waals surface area contributed by atoms with Crippen molar-refractivity contribution in [3.8, 4) is 22.7 Å². The molecular formula is C22H21F2N7O. The summed E-state index contributed by atoms with van der Waals surface area (Å²) < 4.78 is 31.9. The molecule has 0 spiro atoms. The van der Waals surface area contributed by atoms with E-state index in [9.17, 15) is 8.78 Å². The summed E-state index contributed by atoms with van der Waals surface area (Å²) in [4.78, 5) is 6.78. The van der Waals surface area contributed by atoms with Crippen LogP contribution in [-0.4, -0.2) is 48.2 Å². The SMILES string of the molecule is CCN1CCc2ccc(-c3cn(Cc4ccc(-c5nnc(C(F)F)o5)cn4)nn3)cc2C1. The van der Waals surface area contributed by atoms with Crippen molar-refractivity contribution in [1.29, 1.82) is 0 Å². The lowest BCUT2D eigenvalue weighted by Gasteiger charge is -2.27. The molecular weight excluding hydrogens is 416 g/mol. The molecule has 4 heterocycles. The van der Waals surface area contributed by atoms with Crippen LogP contribution in [0.3, 0.4) is 0 Å². The molecule has 1 aliphatic rings. The predicted octanol–water partition coefficient (Wildman–Crippen LogP) is 3.75. The fraction of sp³-hybridized carbons (Fsp3) is 0.318. The molecule has 0 aliphatic carbocycles. The van der Waals surface area contributed by atoms with Gasteiger partial charge in [0, 0.05) is 24.8 Å². The predicted molar refractivity (Wildman–Crippen MR) is 112 cm³/mol. The van der Waals surface area contributed by atoms with Crippen LogP contribution in [0.25, 0.3) is 22.7 Å². The van der Waals surface area contributed by atoms with Gasteiger partial charge in [0.05, 0.1) is 24.0 Å². The molecule has 0 bridgehead atoms. The third-order valence-corrected chi connectivity index (χ3v) is 5.60. The summed E-state index contributed by atoms with van der Waals surface area (Å²) in [6, 6.07) is 9.96. The molecule has 10 heteroatoms. The van der Waals surface area contributed by atoms with Crippen molar-refractivity contribution in [2.45, 2.75) is 32.9 Å². The fourth-order valence-electron chi connectivity index (χ4n) is 3.80. The number of halogens is 2. The maximum absolute atomic E-state index is 12.6. The van der Waals surface area contributed by atoms with Crippen LogP contribution >= 0.6 is 0 Å². The Bertz CT molecular complexity index is 1220. The van der Waals surface area contributed by atoms with E-state index in [1.54, 1.807) is 16.8 Å². The Morgan fingerprint density at radius 3 is 2.69 bits per heavy atom. The summed E-state index contributed by atoms with van der Waals surface area (Å²) in [5, 5.41) is 15.5. The number of benzene rings is 1. The first-order valence-electron chi connectivity index (χ1n) is 10.4. The molecule has 1 aliphatic heterocycles. The van der Waals surface area contributed by atoms with Gasteiger partial charge in [-0.15, -0.1) is 15.3 Å². The van der Waals surface area contributed by atoms with Gasteiger partial charge >= 0.3 is 6.43 Å². The largest absolute Gasteiger partial charge is 0.415 e. The van der Waals surface area contributed by atoms with Crippen LogP contribution in [0, 0.1) is 0 Å². The lowest BCUT2D eigenvalue weighted by Crippen LogP contribution is -2.30. The summed E-state index contributed by atoms with van der Waals surface area (Å²) >= 11 is 0. The maximum atomic E-state index is 12.6. The molecule has 4 aromatic rings. The summed E-state index contributed by atoms with van der Waals surface area (Å²) in [6.45, 7) is 5.72. The van der Waals surface area contributed by atoms with Crippen LogP contribution in [0.4, 0.5) is 8.78 Å². The van der Waals surface area contributed by atoms with Gasteiger partial charge in [-0.2, -0.15) is 8.78 Å². The Hall–Kier alpha value is -3.53. The van der Waals surface area contributed by atoms with E-state index < -0.39 is 12.3 Å². The van der Waals surface area contributed by atoms with E-state index in [0.717, 1.165) is 43.0 Å². The third kappa shape index (κ3) is 4.13. The van der Waals surface area contributed by atoms with Crippen LogP contribution in [0.15, 0.2) is 47.1 Å². The maximum Gasteiger partial charge on any atom is 0.314 e. The second-order valence-electron chi connectivity index (χ2n) is 7.69. The number of pyridine rings is 1. The summed E-state index contributed by atoms with van der Waals surface area (Å²) in [7, 11) is 0. The van der Waals surface area contributed by atoms with Crippen molar-refractivity contribution < 1.29 is 13.2 Å². The van der Waals surface area contributed by atoms with Gasteiger partial charge in [0.15, 0.2) is 0 Å². The highest BCUT2D eigenvalue weighted by atomic mass is 19.3. The molecule has 8 nitrogen and oxygen atoms in total. The highest BCUT2D eigenvalue weighted by Crippen LogP contribution is 2.26. The lowest BCUT2D eigenvalue weighted by atomic mass is 9.96. The molecule has 0 N–H and O–H groups in total. The topological polar surface area (TPSA) is 85.8 Å². The zero-order valence-electron chi connectivity index (χ0n) is 17.4. The minimum Gasteiger partial charge on any atom is -0.415 e. The quantitative estimate of drug-likeness (QED) is 0.454.